The summed E-state index contributed by atoms with van der Waals surface area (Å²) in [5.41, 5.74) is 2.07. The fourth-order valence-electron chi connectivity index (χ4n) is 4.50. The van der Waals surface area contributed by atoms with Crippen LogP contribution in [0.1, 0.15) is 32.5 Å². The molecule has 32 heavy (non-hydrogen) atoms. The Labute approximate surface area is 207 Å². The van der Waals surface area contributed by atoms with Crippen LogP contribution in [-0.4, -0.2) is 94.9 Å². The summed E-state index contributed by atoms with van der Waals surface area (Å²) >= 11 is 0. The van der Waals surface area contributed by atoms with Crippen molar-refractivity contribution >= 4 is 46.9 Å². The van der Waals surface area contributed by atoms with Gasteiger partial charge in [0.15, 0.2) is 5.96 Å². The number of nitrogens with zero attached hydrogens (tertiary/aromatic N) is 5. The molecule has 2 aromatic rings. The third-order valence-corrected chi connectivity index (χ3v) is 6.32. The van der Waals surface area contributed by atoms with Crippen LogP contribution in [0.25, 0.3) is 11.0 Å². The fourth-order valence-corrected chi connectivity index (χ4v) is 4.50. The number of fused-ring (bicyclic) bond motifs is 1. The molecule has 1 amide bonds. The molecule has 2 aliphatic heterocycles. The summed E-state index contributed by atoms with van der Waals surface area (Å²) < 4.78 is 0. The minimum absolute atomic E-state index is 0. The van der Waals surface area contributed by atoms with Crippen LogP contribution in [-0.2, 0) is 11.2 Å². The number of aliphatic imine (C=N–C) groups is 1. The highest BCUT2D eigenvalue weighted by Gasteiger charge is 2.30. The van der Waals surface area contributed by atoms with Gasteiger partial charge < -0.3 is 20.1 Å². The molecule has 2 saturated heterocycles. The van der Waals surface area contributed by atoms with Crippen LogP contribution in [0, 0.1) is 0 Å². The highest BCUT2D eigenvalue weighted by Crippen LogP contribution is 2.14. The normalized spacial score (nSPS) is 18.6. The molecule has 2 aliphatic rings. The van der Waals surface area contributed by atoms with Crippen molar-refractivity contribution in [1.29, 1.82) is 0 Å². The van der Waals surface area contributed by atoms with E-state index in [1.807, 2.05) is 29.2 Å². The Morgan fingerprint density at radius 3 is 2.53 bits per heavy atom. The number of aromatic nitrogens is 2. The first-order valence-electron chi connectivity index (χ1n) is 11.7. The lowest BCUT2D eigenvalue weighted by Gasteiger charge is -2.39. The zero-order valence-electron chi connectivity index (χ0n) is 19.2. The Bertz CT molecular complexity index is 868. The number of benzene rings is 1. The van der Waals surface area contributed by atoms with E-state index in [2.05, 4.69) is 38.9 Å². The maximum Gasteiger partial charge on any atom is 0.239 e. The third-order valence-electron chi connectivity index (χ3n) is 6.32. The monoisotopic (exact) mass is 553 g/mol. The minimum atomic E-state index is -0.0344. The van der Waals surface area contributed by atoms with Gasteiger partial charge in [-0.3, -0.25) is 14.7 Å². The molecule has 4 rings (SSSR count). The number of piperazine rings is 1. The van der Waals surface area contributed by atoms with Crippen molar-refractivity contribution in [3.63, 3.8) is 0 Å². The number of hydrogen-bond acceptors (Lipinski definition) is 4. The zero-order chi connectivity index (χ0) is 21.6. The highest BCUT2D eigenvalue weighted by molar-refractivity contribution is 14.0. The Morgan fingerprint density at radius 2 is 1.84 bits per heavy atom. The maximum absolute atomic E-state index is 12.7. The summed E-state index contributed by atoms with van der Waals surface area (Å²) in [5, 5.41) is 3.43. The molecule has 1 atom stereocenters. The molecule has 1 aromatic heterocycles. The van der Waals surface area contributed by atoms with E-state index in [0.29, 0.717) is 6.54 Å². The summed E-state index contributed by atoms with van der Waals surface area (Å²) in [7, 11) is 0. The number of carbonyl (C=O) groups is 1. The molecule has 1 unspecified atom stereocenters. The largest absolute Gasteiger partial charge is 0.357 e. The number of nitrogens with one attached hydrogen (secondary N) is 2. The molecular formula is C23H36IN7O. The van der Waals surface area contributed by atoms with Crippen LogP contribution in [0.4, 0.5) is 0 Å². The molecule has 2 N–H and O–H groups in total. The minimum Gasteiger partial charge on any atom is -0.357 e. The lowest BCUT2D eigenvalue weighted by Crippen LogP contribution is -2.57. The van der Waals surface area contributed by atoms with E-state index in [-0.39, 0.29) is 35.9 Å². The molecule has 0 saturated carbocycles. The second-order valence-electron chi connectivity index (χ2n) is 8.42. The molecular weight excluding hydrogens is 517 g/mol. The first-order valence-corrected chi connectivity index (χ1v) is 11.7. The van der Waals surface area contributed by atoms with Gasteiger partial charge in [-0.1, -0.05) is 12.1 Å². The summed E-state index contributed by atoms with van der Waals surface area (Å²) in [4.78, 5) is 32.3. The summed E-state index contributed by atoms with van der Waals surface area (Å²) in [5.74, 6) is 2.22. The predicted octanol–water partition coefficient (Wildman–Crippen LogP) is 2.32. The molecule has 9 heteroatoms. The smallest absolute Gasteiger partial charge is 0.239 e. The van der Waals surface area contributed by atoms with Crippen LogP contribution in [0.15, 0.2) is 29.3 Å². The quantitative estimate of drug-likeness (QED) is 0.326. The van der Waals surface area contributed by atoms with E-state index in [1.54, 1.807) is 0 Å². The molecule has 176 valence electrons. The Morgan fingerprint density at radius 1 is 1.12 bits per heavy atom. The average Bonchev–Trinajstić information content (AvgIpc) is 3.47. The Kier molecular flexibility index (Phi) is 9.15. The number of carbonyl (C=O) groups excluding carboxylic acids is 1. The SMILES string of the molecule is CCNC(=NCCc1nc2ccccc2[nH]1)N1CCN(C(C)C(=O)N2CCCC2)CC1.I. The van der Waals surface area contributed by atoms with Gasteiger partial charge in [0.25, 0.3) is 0 Å². The topological polar surface area (TPSA) is 79.9 Å². The van der Waals surface area contributed by atoms with E-state index >= 15 is 0 Å². The Balaban J connectivity index is 0.00000289. The van der Waals surface area contributed by atoms with Gasteiger partial charge in [-0.05, 0) is 38.8 Å². The number of aromatic amines is 1. The van der Waals surface area contributed by atoms with Crippen LogP contribution in [0.5, 0.6) is 0 Å². The van der Waals surface area contributed by atoms with E-state index in [4.69, 9.17) is 4.99 Å². The number of imidazole rings is 1. The molecule has 1 aromatic carbocycles. The number of para-hydroxylation sites is 2. The van der Waals surface area contributed by atoms with Crippen LogP contribution in [0.3, 0.4) is 0 Å². The van der Waals surface area contributed by atoms with Crippen LogP contribution >= 0.6 is 24.0 Å². The maximum atomic E-state index is 12.7. The number of H-pyrrole nitrogens is 1. The van der Waals surface area contributed by atoms with Crippen molar-refractivity contribution in [2.75, 3.05) is 52.4 Å². The number of likely N-dealkylation sites (tertiary alicyclic amines) is 1. The van der Waals surface area contributed by atoms with Gasteiger partial charge in [0.1, 0.15) is 5.82 Å². The molecule has 3 heterocycles. The molecule has 8 nitrogen and oxygen atoms in total. The van der Waals surface area contributed by atoms with Crippen molar-refractivity contribution in [1.82, 2.24) is 30.0 Å². The van der Waals surface area contributed by atoms with Crippen molar-refractivity contribution in [2.24, 2.45) is 4.99 Å². The van der Waals surface area contributed by atoms with Gasteiger partial charge in [0.05, 0.1) is 17.1 Å². The highest BCUT2D eigenvalue weighted by atomic mass is 127. The predicted molar refractivity (Wildman–Crippen MR) is 140 cm³/mol. The number of amides is 1. The lowest BCUT2D eigenvalue weighted by atomic mass is 10.2. The second kappa shape index (κ2) is 11.8. The summed E-state index contributed by atoms with van der Waals surface area (Å²) in [6.07, 6.45) is 3.07. The summed E-state index contributed by atoms with van der Waals surface area (Å²) in [6, 6.07) is 8.07. The van der Waals surface area contributed by atoms with Crippen molar-refractivity contribution in [3.05, 3.63) is 30.1 Å². The van der Waals surface area contributed by atoms with Gasteiger partial charge in [0.2, 0.25) is 5.91 Å². The number of hydrogen-bond donors (Lipinski definition) is 2. The average molecular weight is 553 g/mol. The van der Waals surface area contributed by atoms with Gasteiger partial charge in [0, 0.05) is 58.8 Å². The van der Waals surface area contributed by atoms with Crippen LogP contribution < -0.4 is 5.32 Å². The van der Waals surface area contributed by atoms with E-state index in [9.17, 15) is 4.79 Å². The molecule has 2 fully saturated rings. The first kappa shape index (κ1) is 24.8. The van der Waals surface area contributed by atoms with Crippen LogP contribution in [0.2, 0.25) is 0 Å². The van der Waals surface area contributed by atoms with Gasteiger partial charge in [-0.15, -0.1) is 24.0 Å². The van der Waals surface area contributed by atoms with E-state index in [1.165, 1.54) is 0 Å². The molecule has 0 bridgehead atoms. The first-order chi connectivity index (χ1) is 15.2. The summed E-state index contributed by atoms with van der Waals surface area (Å²) in [6.45, 7) is 11.1. The molecule has 0 aliphatic carbocycles. The van der Waals surface area contributed by atoms with Crippen molar-refractivity contribution < 1.29 is 4.79 Å². The van der Waals surface area contributed by atoms with Gasteiger partial charge in [-0.2, -0.15) is 0 Å². The standard InChI is InChI=1S/C23H35N7O.HI/c1-3-24-23(25-11-10-21-26-19-8-4-5-9-20(19)27-21)30-16-14-28(15-17-30)18(2)22(31)29-12-6-7-13-29;/h4-5,8-9,18H,3,6-7,10-17H2,1-2H3,(H,24,25)(H,26,27);1H. The van der Waals surface area contributed by atoms with Gasteiger partial charge >= 0.3 is 0 Å². The van der Waals surface area contributed by atoms with E-state index in [0.717, 1.165) is 87.9 Å². The lowest BCUT2D eigenvalue weighted by molar-refractivity contribution is -0.135. The fraction of sp³-hybridized carbons (Fsp3) is 0.609. The number of guanidine groups is 1. The second-order valence-corrected chi connectivity index (χ2v) is 8.42. The number of halogens is 1. The van der Waals surface area contributed by atoms with E-state index < -0.39 is 0 Å². The zero-order valence-corrected chi connectivity index (χ0v) is 21.5. The number of rotatable bonds is 6. The molecule has 0 radical (unpaired) electrons. The Hall–Kier alpha value is -1.88. The third kappa shape index (κ3) is 5.92. The van der Waals surface area contributed by atoms with Crippen molar-refractivity contribution in [2.45, 2.75) is 39.2 Å². The van der Waals surface area contributed by atoms with Gasteiger partial charge in [-0.25, -0.2) is 4.98 Å². The van der Waals surface area contributed by atoms with Crippen molar-refractivity contribution in [3.8, 4) is 0 Å². The molecule has 0 spiro atoms.